The van der Waals surface area contributed by atoms with Crippen molar-refractivity contribution in [1.82, 2.24) is 9.88 Å². The van der Waals surface area contributed by atoms with Crippen LogP contribution in [-0.4, -0.2) is 52.3 Å². The van der Waals surface area contributed by atoms with E-state index in [1.165, 1.54) is 22.3 Å². The first-order chi connectivity index (χ1) is 13.4. The number of nitrogens with one attached hydrogen (secondary N) is 1. The van der Waals surface area contributed by atoms with Crippen molar-refractivity contribution in [3.8, 4) is 0 Å². The van der Waals surface area contributed by atoms with Crippen molar-refractivity contribution in [1.29, 1.82) is 0 Å². The van der Waals surface area contributed by atoms with Crippen molar-refractivity contribution in [3.63, 3.8) is 0 Å². The molecule has 0 unspecified atom stereocenters. The van der Waals surface area contributed by atoms with E-state index in [1.54, 1.807) is 12.3 Å². The summed E-state index contributed by atoms with van der Waals surface area (Å²) in [4.78, 5) is 51.2. The van der Waals surface area contributed by atoms with Gasteiger partial charge >= 0.3 is 11.9 Å². The standard InChI is InChI=1S/C16H16N4O7S/c1-2-26-13(21)5-10-8-28-16(17-10)18-14(22)9-6-19(7-9)15(23)11-3-4-12(27-11)20(24)25/h3-4,8-9H,2,5-7H2,1H3,(H,17,18,22). The fraction of sp³-hybridized carbons (Fsp3) is 0.375. The van der Waals surface area contributed by atoms with E-state index in [1.807, 2.05) is 0 Å². The van der Waals surface area contributed by atoms with Crippen molar-refractivity contribution >= 4 is 40.1 Å². The number of amides is 2. The molecule has 148 valence electrons. The number of anilines is 1. The second kappa shape index (κ2) is 8.17. The highest BCUT2D eigenvalue weighted by Crippen LogP contribution is 2.24. The highest BCUT2D eigenvalue weighted by molar-refractivity contribution is 7.13. The summed E-state index contributed by atoms with van der Waals surface area (Å²) in [5.74, 6) is -2.28. The van der Waals surface area contributed by atoms with Gasteiger partial charge in [-0.25, -0.2) is 4.98 Å². The van der Waals surface area contributed by atoms with Gasteiger partial charge in [-0.3, -0.25) is 24.5 Å². The van der Waals surface area contributed by atoms with Crippen LogP contribution in [0.5, 0.6) is 0 Å². The van der Waals surface area contributed by atoms with Gasteiger partial charge in [-0.1, -0.05) is 0 Å². The van der Waals surface area contributed by atoms with Crippen molar-refractivity contribution in [2.24, 2.45) is 5.92 Å². The van der Waals surface area contributed by atoms with E-state index in [-0.39, 0.29) is 37.8 Å². The molecule has 3 heterocycles. The molecule has 1 aliphatic heterocycles. The van der Waals surface area contributed by atoms with Crippen LogP contribution in [0.25, 0.3) is 0 Å². The minimum atomic E-state index is -0.729. The number of nitro groups is 1. The summed E-state index contributed by atoms with van der Waals surface area (Å²) >= 11 is 1.19. The molecule has 2 aromatic rings. The van der Waals surface area contributed by atoms with Crippen LogP contribution in [0.3, 0.4) is 0 Å². The number of nitrogens with zero attached hydrogens (tertiary/aromatic N) is 3. The maximum Gasteiger partial charge on any atom is 0.433 e. The van der Waals surface area contributed by atoms with Crippen LogP contribution < -0.4 is 5.32 Å². The molecule has 3 rings (SSSR count). The average Bonchev–Trinajstić information content (AvgIpc) is 3.23. The molecule has 2 amide bonds. The molecule has 28 heavy (non-hydrogen) atoms. The molecule has 1 saturated heterocycles. The van der Waals surface area contributed by atoms with E-state index in [2.05, 4.69) is 10.3 Å². The van der Waals surface area contributed by atoms with Crippen LogP contribution in [0, 0.1) is 16.0 Å². The summed E-state index contributed by atoms with van der Waals surface area (Å²) in [6, 6.07) is 2.34. The molecule has 0 radical (unpaired) electrons. The molecular weight excluding hydrogens is 392 g/mol. The van der Waals surface area contributed by atoms with Crippen molar-refractivity contribution < 1.29 is 28.5 Å². The third-order valence-corrected chi connectivity index (χ3v) is 4.74. The molecule has 0 aromatic carbocycles. The number of rotatable bonds is 7. The number of furan rings is 1. The lowest BCUT2D eigenvalue weighted by molar-refractivity contribution is -0.402. The lowest BCUT2D eigenvalue weighted by Gasteiger charge is -2.37. The molecule has 1 fully saturated rings. The van der Waals surface area contributed by atoms with Crippen LogP contribution in [0.2, 0.25) is 0 Å². The number of hydrogen-bond acceptors (Lipinski definition) is 9. The highest BCUT2D eigenvalue weighted by atomic mass is 32.1. The number of likely N-dealkylation sites (tertiary alicyclic amines) is 1. The predicted molar refractivity (Wildman–Crippen MR) is 95.8 cm³/mol. The maximum absolute atomic E-state index is 12.2. The van der Waals surface area contributed by atoms with Gasteiger partial charge in [0.2, 0.25) is 5.91 Å². The van der Waals surface area contributed by atoms with E-state index >= 15 is 0 Å². The zero-order valence-electron chi connectivity index (χ0n) is 14.7. The number of carbonyl (C=O) groups is 3. The minimum absolute atomic E-state index is 0.0290. The molecule has 0 aliphatic carbocycles. The zero-order chi connectivity index (χ0) is 20.3. The first-order valence-corrected chi connectivity index (χ1v) is 9.19. The maximum atomic E-state index is 12.2. The van der Waals surface area contributed by atoms with Gasteiger partial charge in [0.25, 0.3) is 5.91 Å². The second-order valence-electron chi connectivity index (χ2n) is 5.92. The summed E-state index contributed by atoms with van der Waals surface area (Å²) in [7, 11) is 0. The normalized spacial score (nSPS) is 13.7. The van der Waals surface area contributed by atoms with Crippen LogP contribution in [0.15, 0.2) is 21.9 Å². The van der Waals surface area contributed by atoms with Crippen LogP contribution in [0.1, 0.15) is 23.2 Å². The Morgan fingerprint density at radius 2 is 2.18 bits per heavy atom. The van der Waals surface area contributed by atoms with E-state index in [0.29, 0.717) is 10.8 Å². The molecule has 11 nitrogen and oxygen atoms in total. The zero-order valence-corrected chi connectivity index (χ0v) is 15.6. The monoisotopic (exact) mass is 408 g/mol. The average molecular weight is 408 g/mol. The second-order valence-corrected chi connectivity index (χ2v) is 6.78. The Kier molecular flexibility index (Phi) is 5.68. The Labute approximate surface area is 162 Å². The molecule has 1 N–H and O–H groups in total. The van der Waals surface area contributed by atoms with Crippen molar-refractivity contribution in [2.45, 2.75) is 13.3 Å². The van der Waals surface area contributed by atoms with Gasteiger partial charge in [-0.05, 0) is 13.0 Å². The summed E-state index contributed by atoms with van der Waals surface area (Å²) in [5, 5.41) is 15.3. The lowest BCUT2D eigenvalue weighted by Crippen LogP contribution is -2.54. The van der Waals surface area contributed by atoms with Gasteiger partial charge in [0, 0.05) is 18.5 Å². The lowest BCUT2D eigenvalue weighted by atomic mass is 9.99. The Hall–Kier alpha value is -3.28. The summed E-state index contributed by atoms with van der Waals surface area (Å²) in [6.07, 6.45) is 0.0290. The van der Waals surface area contributed by atoms with Crippen LogP contribution in [0.4, 0.5) is 11.0 Å². The van der Waals surface area contributed by atoms with E-state index in [9.17, 15) is 24.5 Å². The smallest absolute Gasteiger partial charge is 0.433 e. The molecule has 0 saturated carbocycles. The van der Waals surface area contributed by atoms with Gasteiger partial charge in [-0.15, -0.1) is 11.3 Å². The van der Waals surface area contributed by atoms with Gasteiger partial charge in [0.05, 0.1) is 30.7 Å². The van der Waals surface area contributed by atoms with Gasteiger partial charge < -0.3 is 19.4 Å². The Balaban J connectivity index is 1.48. The summed E-state index contributed by atoms with van der Waals surface area (Å²) in [6.45, 7) is 2.33. The first-order valence-electron chi connectivity index (χ1n) is 8.31. The fourth-order valence-electron chi connectivity index (χ4n) is 2.52. The topological polar surface area (TPSA) is 145 Å². The first kappa shape index (κ1) is 19.5. The number of hydrogen-bond donors (Lipinski definition) is 1. The number of esters is 1. The van der Waals surface area contributed by atoms with E-state index < -0.39 is 28.6 Å². The van der Waals surface area contributed by atoms with Crippen molar-refractivity contribution in [3.05, 3.63) is 39.1 Å². The number of thiazole rings is 1. The summed E-state index contributed by atoms with van der Waals surface area (Å²) in [5.41, 5.74) is 0.503. The van der Waals surface area contributed by atoms with E-state index in [0.717, 1.165) is 6.07 Å². The van der Waals surface area contributed by atoms with E-state index in [4.69, 9.17) is 9.15 Å². The Morgan fingerprint density at radius 3 is 2.82 bits per heavy atom. The van der Waals surface area contributed by atoms with Gasteiger partial charge in [-0.2, -0.15) is 0 Å². The van der Waals surface area contributed by atoms with Crippen LogP contribution >= 0.6 is 11.3 Å². The third-order valence-electron chi connectivity index (χ3n) is 3.93. The summed E-state index contributed by atoms with van der Waals surface area (Å²) < 4.78 is 9.71. The molecule has 2 aromatic heterocycles. The Bertz CT molecular complexity index is 916. The minimum Gasteiger partial charge on any atom is -0.466 e. The largest absolute Gasteiger partial charge is 0.466 e. The van der Waals surface area contributed by atoms with Crippen molar-refractivity contribution in [2.75, 3.05) is 25.0 Å². The van der Waals surface area contributed by atoms with Crippen LogP contribution in [-0.2, 0) is 20.7 Å². The quantitative estimate of drug-likeness (QED) is 0.412. The molecule has 12 heteroatoms. The molecule has 1 aliphatic rings. The molecule has 0 atom stereocenters. The SMILES string of the molecule is CCOC(=O)Cc1csc(NC(=O)C2CN(C(=O)c3ccc([N+](=O)[O-])o3)C2)n1. The Morgan fingerprint density at radius 1 is 1.43 bits per heavy atom. The van der Waals surface area contributed by atoms with Gasteiger partial charge in [0.1, 0.15) is 4.92 Å². The number of aromatic nitrogens is 1. The number of carbonyl (C=O) groups excluding carboxylic acids is 3. The number of ether oxygens (including phenoxy) is 1. The molecule has 0 spiro atoms. The highest BCUT2D eigenvalue weighted by Gasteiger charge is 2.37. The third kappa shape index (κ3) is 4.34. The van der Waals surface area contributed by atoms with Gasteiger partial charge in [0.15, 0.2) is 10.9 Å². The molecule has 0 bridgehead atoms. The molecular formula is C16H16N4O7S. The predicted octanol–water partition coefficient (Wildman–Crippen LogP) is 1.46. The fourth-order valence-corrected chi connectivity index (χ4v) is 3.23.